The first kappa shape index (κ1) is 20.4. The molecule has 156 valence electrons. The van der Waals surface area contributed by atoms with E-state index in [1.807, 2.05) is 73.8 Å². The molecule has 0 radical (unpaired) electrons. The molecule has 0 N–H and O–H groups in total. The Kier molecular flexibility index (Phi) is 5.58. The van der Waals surface area contributed by atoms with Crippen LogP contribution in [0.15, 0.2) is 84.6 Å². The van der Waals surface area contributed by atoms with Crippen molar-refractivity contribution in [1.29, 1.82) is 0 Å². The third-order valence-electron chi connectivity index (χ3n) is 5.52. The molecule has 3 aromatic rings. The number of likely N-dealkylation sites (N-methyl/N-ethyl adjacent to an activating group) is 1. The zero-order valence-corrected chi connectivity index (χ0v) is 17.8. The number of para-hydroxylation sites is 1. The lowest BCUT2D eigenvalue weighted by molar-refractivity contribution is -0.120. The quantitative estimate of drug-likeness (QED) is 0.552. The van der Waals surface area contributed by atoms with Crippen molar-refractivity contribution in [1.82, 2.24) is 0 Å². The highest BCUT2D eigenvalue weighted by atomic mass is 16.5. The Bertz CT molecular complexity index is 1130. The molecule has 3 aromatic carbocycles. The zero-order valence-electron chi connectivity index (χ0n) is 17.8. The zero-order chi connectivity index (χ0) is 22.0. The summed E-state index contributed by atoms with van der Waals surface area (Å²) < 4.78 is 5.25. The number of methoxy groups -OCH3 is 1. The Morgan fingerprint density at radius 3 is 2.06 bits per heavy atom. The van der Waals surface area contributed by atoms with Crippen LogP contribution in [0.25, 0.3) is 5.57 Å². The SMILES string of the molecule is CCc1ccc(N2C(=O)C(c3ccc(OC)cc3)=C(N(C)c3ccccc3)C2=O)cc1. The first-order valence-electron chi connectivity index (χ1n) is 10.2. The fourth-order valence-corrected chi connectivity index (χ4v) is 3.74. The molecule has 1 aliphatic rings. The van der Waals surface area contributed by atoms with E-state index in [1.165, 1.54) is 4.90 Å². The molecule has 0 saturated heterocycles. The van der Waals surface area contributed by atoms with Crippen LogP contribution in [0, 0.1) is 0 Å². The molecule has 0 fully saturated rings. The highest BCUT2D eigenvalue weighted by Crippen LogP contribution is 2.36. The van der Waals surface area contributed by atoms with Crippen LogP contribution in [0.1, 0.15) is 18.1 Å². The van der Waals surface area contributed by atoms with E-state index in [1.54, 1.807) is 24.1 Å². The van der Waals surface area contributed by atoms with E-state index in [0.29, 0.717) is 28.3 Å². The summed E-state index contributed by atoms with van der Waals surface area (Å²) in [4.78, 5) is 30.2. The van der Waals surface area contributed by atoms with Gasteiger partial charge in [0.05, 0.1) is 18.4 Å². The van der Waals surface area contributed by atoms with Crippen LogP contribution in [0.5, 0.6) is 5.75 Å². The third kappa shape index (κ3) is 3.70. The van der Waals surface area contributed by atoms with Crippen molar-refractivity contribution in [3.8, 4) is 5.75 Å². The average molecular weight is 412 g/mol. The van der Waals surface area contributed by atoms with Crippen LogP contribution in [-0.4, -0.2) is 26.0 Å². The number of hydrogen-bond acceptors (Lipinski definition) is 4. The molecule has 0 saturated carbocycles. The smallest absolute Gasteiger partial charge is 0.282 e. The molecular formula is C26H24N2O3. The van der Waals surface area contributed by atoms with Gasteiger partial charge in [0.15, 0.2) is 0 Å². The predicted octanol–water partition coefficient (Wildman–Crippen LogP) is 4.68. The first-order valence-corrected chi connectivity index (χ1v) is 10.2. The number of carbonyl (C=O) groups excluding carboxylic acids is 2. The molecule has 0 aliphatic carbocycles. The van der Waals surface area contributed by atoms with Gasteiger partial charge in [-0.25, -0.2) is 4.90 Å². The standard InChI is InChI=1S/C26H24N2O3/c1-4-18-10-14-21(15-11-18)28-25(29)23(19-12-16-22(31-3)17-13-19)24(26(28)30)27(2)20-8-6-5-7-9-20/h5-17H,4H2,1-3H3. The van der Waals surface area contributed by atoms with Gasteiger partial charge >= 0.3 is 0 Å². The fourth-order valence-electron chi connectivity index (χ4n) is 3.74. The molecular weight excluding hydrogens is 388 g/mol. The Labute approximate surface area is 182 Å². The Morgan fingerprint density at radius 2 is 1.48 bits per heavy atom. The predicted molar refractivity (Wildman–Crippen MR) is 123 cm³/mol. The minimum absolute atomic E-state index is 0.336. The summed E-state index contributed by atoms with van der Waals surface area (Å²) in [5.74, 6) is 0.00899. The summed E-state index contributed by atoms with van der Waals surface area (Å²) in [6.45, 7) is 2.07. The number of imide groups is 1. The number of amides is 2. The van der Waals surface area contributed by atoms with E-state index in [-0.39, 0.29) is 11.8 Å². The average Bonchev–Trinajstić information content (AvgIpc) is 3.09. The molecule has 5 heteroatoms. The van der Waals surface area contributed by atoms with Gasteiger partial charge in [-0.2, -0.15) is 0 Å². The van der Waals surface area contributed by atoms with Gasteiger partial charge in [-0.1, -0.05) is 49.4 Å². The molecule has 5 nitrogen and oxygen atoms in total. The largest absolute Gasteiger partial charge is 0.497 e. The first-order chi connectivity index (χ1) is 15.0. The van der Waals surface area contributed by atoms with Gasteiger partial charge in [0.2, 0.25) is 0 Å². The molecule has 0 spiro atoms. The Balaban J connectivity index is 1.83. The molecule has 4 rings (SSSR count). The van der Waals surface area contributed by atoms with Crippen molar-refractivity contribution in [3.05, 3.63) is 95.7 Å². The van der Waals surface area contributed by atoms with E-state index >= 15 is 0 Å². The summed E-state index contributed by atoms with van der Waals surface area (Å²) in [6, 6.07) is 24.3. The Hall–Kier alpha value is -3.86. The van der Waals surface area contributed by atoms with Crippen LogP contribution in [0.4, 0.5) is 11.4 Å². The van der Waals surface area contributed by atoms with Crippen molar-refractivity contribution >= 4 is 28.8 Å². The van der Waals surface area contributed by atoms with Gasteiger partial charge in [-0.05, 0) is 53.9 Å². The minimum atomic E-state index is -0.341. The summed E-state index contributed by atoms with van der Waals surface area (Å²) in [5, 5.41) is 0. The van der Waals surface area contributed by atoms with Crippen LogP contribution >= 0.6 is 0 Å². The highest BCUT2D eigenvalue weighted by molar-refractivity contribution is 6.46. The van der Waals surface area contributed by atoms with E-state index in [0.717, 1.165) is 17.7 Å². The van der Waals surface area contributed by atoms with Crippen LogP contribution < -0.4 is 14.5 Å². The topological polar surface area (TPSA) is 49.9 Å². The summed E-state index contributed by atoms with van der Waals surface area (Å²) in [5.41, 5.74) is 3.93. The minimum Gasteiger partial charge on any atom is -0.497 e. The summed E-state index contributed by atoms with van der Waals surface area (Å²) in [6.07, 6.45) is 0.888. The fraction of sp³-hybridized carbons (Fsp3) is 0.154. The van der Waals surface area contributed by atoms with Crippen LogP contribution in [0.3, 0.4) is 0 Å². The maximum absolute atomic E-state index is 13.6. The maximum atomic E-state index is 13.6. The Morgan fingerprint density at radius 1 is 0.839 bits per heavy atom. The van der Waals surface area contributed by atoms with Crippen molar-refractivity contribution in [2.75, 3.05) is 24.0 Å². The second-order valence-electron chi connectivity index (χ2n) is 7.31. The third-order valence-corrected chi connectivity index (χ3v) is 5.52. The normalized spacial score (nSPS) is 13.7. The van der Waals surface area contributed by atoms with Crippen molar-refractivity contribution in [3.63, 3.8) is 0 Å². The number of carbonyl (C=O) groups is 2. The lowest BCUT2D eigenvalue weighted by Crippen LogP contribution is -2.34. The number of aryl methyl sites for hydroxylation is 1. The van der Waals surface area contributed by atoms with E-state index in [4.69, 9.17) is 4.74 Å². The van der Waals surface area contributed by atoms with E-state index in [2.05, 4.69) is 6.92 Å². The number of ether oxygens (including phenoxy) is 1. The molecule has 0 bridgehead atoms. The molecule has 1 heterocycles. The monoisotopic (exact) mass is 412 g/mol. The summed E-state index contributed by atoms with van der Waals surface area (Å²) in [7, 11) is 3.40. The highest BCUT2D eigenvalue weighted by Gasteiger charge is 2.42. The maximum Gasteiger partial charge on any atom is 0.282 e. The van der Waals surface area contributed by atoms with Gasteiger partial charge in [0.25, 0.3) is 11.8 Å². The molecule has 0 aromatic heterocycles. The number of rotatable bonds is 6. The van der Waals surface area contributed by atoms with Crippen molar-refractivity contribution < 1.29 is 14.3 Å². The van der Waals surface area contributed by atoms with Crippen molar-refractivity contribution in [2.45, 2.75) is 13.3 Å². The van der Waals surface area contributed by atoms with Crippen LogP contribution in [0.2, 0.25) is 0 Å². The molecule has 31 heavy (non-hydrogen) atoms. The molecule has 0 unspecified atom stereocenters. The molecule has 0 atom stereocenters. The second kappa shape index (κ2) is 8.48. The van der Waals surface area contributed by atoms with Gasteiger partial charge in [0, 0.05) is 12.7 Å². The van der Waals surface area contributed by atoms with E-state index < -0.39 is 0 Å². The van der Waals surface area contributed by atoms with Crippen molar-refractivity contribution in [2.24, 2.45) is 0 Å². The number of benzene rings is 3. The van der Waals surface area contributed by atoms with Crippen LogP contribution in [-0.2, 0) is 16.0 Å². The van der Waals surface area contributed by atoms with E-state index in [9.17, 15) is 9.59 Å². The number of anilines is 2. The molecule has 2 amide bonds. The lowest BCUT2D eigenvalue weighted by atomic mass is 10.0. The summed E-state index contributed by atoms with van der Waals surface area (Å²) >= 11 is 0. The van der Waals surface area contributed by atoms with Gasteiger partial charge < -0.3 is 9.64 Å². The number of nitrogens with zero attached hydrogens (tertiary/aromatic N) is 2. The lowest BCUT2D eigenvalue weighted by Gasteiger charge is -2.21. The van der Waals surface area contributed by atoms with Gasteiger partial charge in [-0.3, -0.25) is 9.59 Å². The number of hydrogen-bond donors (Lipinski definition) is 0. The second-order valence-corrected chi connectivity index (χ2v) is 7.31. The molecule has 1 aliphatic heterocycles. The van der Waals surface area contributed by atoms with Gasteiger partial charge in [0.1, 0.15) is 11.4 Å². The van der Waals surface area contributed by atoms with Gasteiger partial charge in [-0.15, -0.1) is 0 Å².